The van der Waals surface area contributed by atoms with Crippen LogP contribution < -0.4 is 5.32 Å². The van der Waals surface area contributed by atoms with Gasteiger partial charge >= 0.3 is 0 Å². The predicted molar refractivity (Wildman–Crippen MR) is 93.3 cm³/mol. The van der Waals surface area contributed by atoms with Gasteiger partial charge in [0.2, 0.25) is 5.91 Å². The molecule has 1 aliphatic heterocycles. The van der Waals surface area contributed by atoms with Crippen molar-refractivity contribution >= 4 is 17.2 Å². The molecule has 1 fully saturated rings. The minimum atomic E-state index is -0.265. The standard InChI is InChI=1S/C18H22FN3OS/c1-12(2)16-11-24-17(21-16)8-20-15-7-18(23)22(10-15)9-13-4-3-5-14(19)6-13/h3-6,11-12,15,20H,7-10H2,1-2H3/t15-/m0/s1. The quantitative estimate of drug-likeness (QED) is 0.872. The number of nitrogens with one attached hydrogen (secondary N) is 1. The smallest absolute Gasteiger partial charge is 0.224 e. The van der Waals surface area contributed by atoms with Crippen molar-refractivity contribution in [3.8, 4) is 0 Å². The van der Waals surface area contributed by atoms with Gasteiger partial charge in [-0.15, -0.1) is 11.3 Å². The highest BCUT2D eigenvalue weighted by molar-refractivity contribution is 7.09. The van der Waals surface area contributed by atoms with Gasteiger partial charge in [0.25, 0.3) is 0 Å². The van der Waals surface area contributed by atoms with Gasteiger partial charge in [0, 0.05) is 37.5 Å². The van der Waals surface area contributed by atoms with E-state index in [0.717, 1.165) is 16.3 Å². The van der Waals surface area contributed by atoms with Crippen LogP contribution in [0.1, 0.15) is 42.5 Å². The summed E-state index contributed by atoms with van der Waals surface area (Å²) >= 11 is 1.65. The zero-order valence-electron chi connectivity index (χ0n) is 14.0. The molecular formula is C18H22FN3OS. The van der Waals surface area contributed by atoms with Crippen LogP contribution in [0, 0.1) is 5.82 Å². The van der Waals surface area contributed by atoms with Gasteiger partial charge in [0.15, 0.2) is 0 Å². The first-order valence-corrected chi connectivity index (χ1v) is 9.09. The van der Waals surface area contributed by atoms with Gasteiger partial charge in [-0.25, -0.2) is 9.37 Å². The molecule has 2 aromatic rings. The van der Waals surface area contributed by atoms with Crippen LogP contribution in [0.4, 0.5) is 4.39 Å². The number of amides is 1. The minimum absolute atomic E-state index is 0.110. The Hall–Kier alpha value is -1.79. The summed E-state index contributed by atoms with van der Waals surface area (Å²) in [6.45, 7) is 6.06. The number of likely N-dealkylation sites (tertiary alicyclic amines) is 1. The molecule has 1 aromatic carbocycles. The van der Waals surface area contributed by atoms with E-state index in [1.807, 2.05) is 6.07 Å². The molecule has 24 heavy (non-hydrogen) atoms. The van der Waals surface area contributed by atoms with Gasteiger partial charge in [0.05, 0.1) is 5.69 Å². The van der Waals surface area contributed by atoms with E-state index in [2.05, 4.69) is 29.5 Å². The highest BCUT2D eigenvalue weighted by Gasteiger charge is 2.29. The highest BCUT2D eigenvalue weighted by Crippen LogP contribution is 2.19. The number of rotatable bonds is 6. The molecule has 6 heteroatoms. The summed E-state index contributed by atoms with van der Waals surface area (Å²) in [4.78, 5) is 18.5. The predicted octanol–water partition coefficient (Wildman–Crippen LogP) is 3.30. The average Bonchev–Trinajstić information content (AvgIpc) is 3.13. The summed E-state index contributed by atoms with van der Waals surface area (Å²) in [7, 11) is 0. The molecule has 1 N–H and O–H groups in total. The Bertz CT molecular complexity index is 716. The number of thiazole rings is 1. The molecule has 4 nitrogen and oxygen atoms in total. The Labute approximate surface area is 145 Å². The second kappa shape index (κ2) is 7.40. The molecule has 1 aromatic heterocycles. The number of nitrogens with zero attached hydrogens (tertiary/aromatic N) is 2. The third-order valence-corrected chi connectivity index (χ3v) is 5.05. The largest absolute Gasteiger partial charge is 0.337 e. The van der Waals surface area contributed by atoms with Crippen molar-refractivity contribution < 1.29 is 9.18 Å². The van der Waals surface area contributed by atoms with Crippen LogP contribution in [-0.4, -0.2) is 28.4 Å². The van der Waals surface area contributed by atoms with E-state index in [4.69, 9.17) is 0 Å². The summed E-state index contributed by atoms with van der Waals surface area (Å²) in [6.07, 6.45) is 0.484. The fourth-order valence-electron chi connectivity index (χ4n) is 2.82. The van der Waals surface area contributed by atoms with E-state index in [9.17, 15) is 9.18 Å². The Morgan fingerprint density at radius 3 is 3.00 bits per heavy atom. The van der Waals surface area contributed by atoms with Gasteiger partial charge in [-0.1, -0.05) is 26.0 Å². The van der Waals surface area contributed by atoms with Gasteiger partial charge in [-0.2, -0.15) is 0 Å². The third kappa shape index (κ3) is 4.19. The van der Waals surface area contributed by atoms with E-state index in [1.54, 1.807) is 22.3 Å². The van der Waals surface area contributed by atoms with Crippen LogP contribution in [0.2, 0.25) is 0 Å². The summed E-state index contributed by atoms with van der Waals surface area (Å²) in [5, 5.41) is 6.56. The molecular weight excluding hydrogens is 325 g/mol. The van der Waals surface area contributed by atoms with E-state index < -0.39 is 0 Å². The molecule has 3 rings (SSSR count). The molecule has 0 saturated carbocycles. The fraction of sp³-hybridized carbons (Fsp3) is 0.444. The molecule has 1 aliphatic rings. The molecule has 0 radical (unpaired) electrons. The van der Waals surface area contributed by atoms with E-state index >= 15 is 0 Å². The molecule has 0 aliphatic carbocycles. The van der Waals surface area contributed by atoms with Crippen molar-refractivity contribution in [3.05, 3.63) is 51.7 Å². The maximum atomic E-state index is 13.3. The van der Waals surface area contributed by atoms with E-state index in [0.29, 0.717) is 32.0 Å². The average molecular weight is 347 g/mol. The summed E-state index contributed by atoms with van der Waals surface area (Å²) in [6, 6.07) is 6.55. The lowest BCUT2D eigenvalue weighted by Gasteiger charge is -2.17. The molecule has 2 heterocycles. The normalized spacial score (nSPS) is 17.9. The number of carbonyl (C=O) groups is 1. The lowest BCUT2D eigenvalue weighted by molar-refractivity contribution is -0.128. The zero-order valence-corrected chi connectivity index (χ0v) is 14.8. The number of aromatic nitrogens is 1. The fourth-order valence-corrected chi connectivity index (χ4v) is 3.73. The van der Waals surface area contributed by atoms with Crippen LogP contribution in [0.5, 0.6) is 0 Å². The van der Waals surface area contributed by atoms with Gasteiger partial charge in [-0.3, -0.25) is 4.79 Å². The molecule has 1 amide bonds. The Morgan fingerprint density at radius 1 is 1.46 bits per heavy atom. The molecule has 0 spiro atoms. The van der Waals surface area contributed by atoms with Crippen molar-refractivity contribution in [3.63, 3.8) is 0 Å². The molecule has 0 bridgehead atoms. The molecule has 1 atom stereocenters. The lowest BCUT2D eigenvalue weighted by Crippen LogP contribution is -2.32. The number of carbonyl (C=O) groups excluding carboxylic acids is 1. The molecule has 0 unspecified atom stereocenters. The first-order valence-electron chi connectivity index (χ1n) is 8.21. The number of hydrogen-bond donors (Lipinski definition) is 1. The third-order valence-electron chi connectivity index (χ3n) is 4.18. The second-order valence-corrected chi connectivity index (χ2v) is 7.45. The van der Waals surface area contributed by atoms with Crippen LogP contribution in [0.25, 0.3) is 0 Å². The summed E-state index contributed by atoms with van der Waals surface area (Å²) in [5.41, 5.74) is 1.94. The monoisotopic (exact) mass is 347 g/mol. The van der Waals surface area contributed by atoms with E-state index in [-0.39, 0.29) is 17.8 Å². The Morgan fingerprint density at radius 2 is 2.29 bits per heavy atom. The second-order valence-electron chi connectivity index (χ2n) is 6.51. The highest BCUT2D eigenvalue weighted by atomic mass is 32.1. The van der Waals surface area contributed by atoms with E-state index in [1.165, 1.54) is 12.1 Å². The number of hydrogen-bond acceptors (Lipinski definition) is 4. The Balaban J connectivity index is 1.52. The maximum Gasteiger partial charge on any atom is 0.224 e. The van der Waals surface area contributed by atoms with Gasteiger partial charge in [-0.05, 0) is 23.6 Å². The maximum absolute atomic E-state index is 13.3. The summed E-state index contributed by atoms with van der Waals surface area (Å²) < 4.78 is 13.3. The van der Waals surface area contributed by atoms with Crippen molar-refractivity contribution in [1.82, 2.24) is 15.2 Å². The first kappa shape index (κ1) is 17.0. The van der Waals surface area contributed by atoms with Gasteiger partial charge < -0.3 is 10.2 Å². The van der Waals surface area contributed by atoms with Crippen LogP contribution in [0.3, 0.4) is 0 Å². The van der Waals surface area contributed by atoms with Crippen molar-refractivity contribution in [1.29, 1.82) is 0 Å². The van der Waals surface area contributed by atoms with Crippen molar-refractivity contribution in [2.75, 3.05) is 6.54 Å². The van der Waals surface area contributed by atoms with Crippen LogP contribution in [0.15, 0.2) is 29.6 Å². The van der Waals surface area contributed by atoms with Crippen LogP contribution >= 0.6 is 11.3 Å². The molecule has 1 saturated heterocycles. The topological polar surface area (TPSA) is 45.2 Å². The lowest BCUT2D eigenvalue weighted by atomic mass is 10.2. The van der Waals surface area contributed by atoms with Crippen molar-refractivity contribution in [2.24, 2.45) is 0 Å². The number of halogens is 1. The summed E-state index contributed by atoms with van der Waals surface area (Å²) in [5.74, 6) is 0.280. The van der Waals surface area contributed by atoms with Crippen LogP contribution in [-0.2, 0) is 17.9 Å². The first-order chi connectivity index (χ1) is 11.5. The molecule has 128 valence electrons. The van der Waals surface area contributed by atoms with Crippen molar-refractivity contribution in [2.45, 2.75) is 45.3 Å². The zero-order chi connectivity index (χ0) is 17.1. The minimum Gasteiger partial charge on any atom is -0.337 e. The number of benzene rings is 1. The SMILES string of the molecule is CC(C)c1csc(CN[C@H]2CC(=O)N(Cc3cccc(F)c3)C2)n1. The van der Waals surface area contributed by atoms with Gasteiger partial charge in [0.1, 0.15) is 10.8 Å². The Kier molecular flexibility index (Phi) is 5.26.